The Kier molecular flexibility index (Phi) is 9.00. The minimum Gasteiger partial charge on any atom is -0.507 e. The predicted molar refractivity (Wildman–Crippen MR) is 135 cm³/mol. The highest BCUT2D eigenvalue weighted by molar-refractivity contribution is 6.33. The van der Waals surface area contributed by atoms with E-state index < -0.39 is 0 Å². The van der Waals surface area contributed by atoms with Crippen LogP contribution in [0.2, 0.25) is 0 Å². The summed E-state index contributed by atoms with van der Waals surface area (Å²) in [5.41, 5.74) is 2.88. The molecule has 1 aliphatic carbocycles. The second-order valence-electron chi connectivity index (χ2n) is 8.49. The fourth-order valence-corrected chi connectivity index (χ4v) is 4.22. The quantitative estimate of drug-likeness (QED) is 0.187. The average molecular weight is 470 g/mol. The summed E-state index contributed by atoms with van der Waals surface area (Å²) in [5, 5.41) is 47.2. The van der Waals surface area contributed by atoms with E-state index in [2.05, 4.69) is 34.7 Å². The monoisotopic (exact) mass is 469 g/mol. The van der Waals surface area contributed by atoms with Gasteiger partial charge in [-0.25, -0.2) is 0 Å². The van der Waals surface area contributed by atoms with Crippen molar-refractivity contribution in [3.8, 4) is 5.75 Å². The van der Waals surface area contributed by atoms with Crippen molar-refractivity contribution in [2.45, 2.75) is 19.9 Å². The number of aliphatic hydroxyl groups excluding tert-OH is 2. The number of aromatic hydroxyl groups is 1. The Hall–Kier alpha value is -2.98. The Morgan fingerprint density at radius 1 is 0.882 bits per heavy atom. The molecule has 9 heteroatoms. The smallest absolute Gasteiger partial charge is 0.200 e. The van der Waals surface area contributed by atoms with Crippen LogP contribution in [0.5, 0.6) is 5.75 Å². The van der Waals surface area contributed by atoms with E-state index >= 15 is 0 Å². The highest BCUT2D eigenvalue weighted by atomic mass is 16.3. The normalized spacial score (nSPS) is 12.8. The van der Waals surface area contributed by atoms with Crippen LogP contribution >= 0.6 is 0 Å². The summed E-state index contributed by atoms with van der Waals surface area (Å²) in [6, 6.07) is 8.75. The minimum absolute atomic E-state index is 0.0496. The van der Waals surface area contributed by atoms with Gasteiger partial charge >= 0.3 is 0 Å². The van der Waals surface area contributed by atoms with Gasteiger partial charge in [0.05, 0.1) is 30.1 Å². The lowest BCUT2D eigenvalue weighted by Crippen LogP contribution is -2.37. The first-order valence-corrected chi connectivity index (χ1v) is 11.7. The number of fused-ring (bicyclic) bond motifs is 2. The number of nitrogens with zero attached hydrogens (tertiary/aromatic N) is 1. The van der Waals surface area contributed by atoms with Crippen molar-refractivity contribution in [3.63, 3.8) is 0 Å². The molecule has 0 saturated heterocycles. The first kappa shape index (κ1) is 25.6. The Bertz CT molecular complexity index is 1020. The van der Waals surface area contributed by atoms with Crippen molar-refractivity contribution in [2.24, 2.45) is 0 Å². The van der Waals surface area contributed by atoms with Crippen LogP contribution in [0.25, 0.3) is 0 Å². The summed E-state index contributed by atoms with van der Waals surface area (Å²) in [6.07, 6.45) is 0. The van der Waals surface area contributed by atoms with Crippen molar-refractivity contribution in [1.82, 2.24) is 10.2 Å². The molecule has 9 nitrogen and oxygen atoms in total. The molecule has 2 aromatic carbocycles. The number of anilines is 2. The molecule has 2 aromatic rings. The third-order valence-electron chi connectivity index (χ3n) is 5.96. The van der Waals surface area contributed by atoms with Gasteiger partial charge in [0.1, 0.15) is 5.75 Å². The molecule has 0 spiro atoms. The van der Waals surface area contributed by atoms with Crippen molar-refractivity contribution >= 4 is 22.9 Å². The van der Waals surface area contributed by atoms with Gasteiger partial charge in [0.25, 0.3) is 0 Å². The summed E-state index contributed by atoms with van der Waals surface area (Å²) in [6.45, 7) is 7.74. The number of hydrogen-bond donors (Lipinski definition) is 7. The number of phenolic OH excluding ortho intramolecular Hbond substituents is 1. The topological polar surface area (TPSA) is 141 Å². The fraction of sp³-hybridized carbons (Fsp3) is 0.440. The molecule has 184 valence electrons. The lowest BCUT2D eigenvalue weighted by atomic mass is 9.81. The third kappa shape index (κ3) is 5.56. The molecule has 0 saturated carbocycles. The number of phenols is 1. The summed E-state index contributed by atoms with van der Waals surface area (Å²) in [4.78, 5) is 15.7. The van der Waals surface area contributed by atoms with Crippen molar-refractivity contribution in [1.29, 1.82) is 5.41 Å². The van der Waals surface area contributed by atoms with E-state index in [0.29, 0.717) is 67.3 Å². The molecule has 0 heterocycles. The van der Waals surface area contributed by atoms with Crippen LogP contribution in [-0.2, 0) is 0 Å². The second kappa shape index (κ2) is 11.9. The van der Waals surface area contributed by atoms with Gasteiger partial charge in [-0.15, -0.1) is 0 Å². The van der Waals surface area contributed by atoms with E-state index in [1.807, 2.05) is 12.1 Å². The van der Waals surface area contributed by atoms with Crippen LogP contribution in [0.1, 0.15) is 40.9 Å². The number of ketones is 1. The standard InChI is InChI=1S/C25H35N5O4/c1-16(2)30(13-15-32)12-10-29-18-6-7-19(28-9-8-27-11-14-31)23-22(18)24(26)17-4-3-5-20(33)21(17)25(23)34/h3-7,16,26-29,31-33H,8-15H2,1-2H3. The Labute approximate surface area is 200 Å². The van der Waals surface area contributed by atoms with E-state index in [-0.39, 0.29) is 42.1 Å². The van der Waals surface area contributed by atoms with Crippen LogP contribution in [0, 0.1) is 5.41 Å². The number of nitrogens with one attached hydrogen (secondary N) is 4. The van der Waals surface area contributed by atoms with Gasteiger partial charge in [-0.3, -0.25) is 15.1 Å². The zero-order chi connectivity index (χ0) is 24.7. The van der Waals surface area contributed by atoms with Crippen LogP contribution in [0.4, 0.5) is 11.4 Å². The number of aliphatic hydroxyl groups is 2. The second-order valence-corrected chi connectivity index (χ2v) is 8.49. The number of carbonyl (C=O) groups excluding carboxylic acids is 1. The number of rotatable bonds is 13. The Morgan fingerprint density at radius 2 is 1.59 bits per heavy atom. The Morgan fingerprint density at radius 3 is 2.26 bits per heavy atom. The first-order chi connectivity index (χ1) is 16.4. The van der Waals surface area contributed by atoms with Gasteiger partial charge in [0.2, 0.25) is 0 Å². The zero-order valence-electron chi connectivity index (χ0n) is 19.8. The average Bonchev–Trinajstić information content (AvgIpc) is 2.81. The van der Waals surface area contributed by atoms with Crippen molar-refractivity contribution in [3.05, 3.63) is 52.6 Å². The van der Waals surface area contributed by atoms with Gasteiger partial charge in [-0.1, -0.05) is 12.1 Å². The van der Waals surface area contributed by atoms with E-state index in [0.717, 1.165) is 0 Å². The van der Waals surface area contributed by atoms with E-state index in [9.17, 15) is 15.0 Å². The van der Waals surface area contributed by atoms with Gasteiger partial charge in [0, 0.05) is 67.8 Å². The van der Waals surface area contributed by atoms with Crippen LogP contribution in [0.3, 0.4) is 0 Å². The highest BCUT2D eigenvalue weighted by Gasteiger charge is 2.33. The molecule has 7 N–H and O–H groups in total. The maximum atomic E-state index is 13.5. The van der Waals surface area contributed by atoms with E-state index in [4.69, 9.17) is 10.5 Å². The molecule has 3 rings (SSSR count). The molecule has 0 aromatic heterocycles. The SMILES string of the molecule is CC(C)N(CCO)CCNc1ccc(NCCNCCO)c2c1C(=N)c1cccc(O)c1C2=O. The van der Waals surface area contributed by atoms with Gasteiger partial charge in [-0.05, 0) is 32.0 Å². The van der Waals surface area contributed by atoms with Crippen LogP contribution in [-0.4, -0.2) is 90.2 Å². The van der Waals surface area contributed by atoms with Gasteiger partial charge in [0.15, 0.2) is 5.78 Å². The predicted octanol–water partition coefficient (Wildman–Crippen LogP) is 1.46. The van der Waals surface area contributed by atoms with Gasteiger partial charge < -0.3 is 31.3 Å². The summed E-state index contributed by atoms with van der Waals surface area (Å²) >= 11 is 0. The molecule has 0 unspecified atom stereocenters. The molecule has 0 aliphatic heterocycles. The molecule has 0 radical (unpaired) electrons. The largest absolute Gasteiger partial charge is 0.507 e. The number of hydrogen-bond acceptors (Lipinski definition) is 9. The molecular formula is C25H35N5O4. The first-order valence-electron chi connectivity index (χ1n) is 11.7. The zero-order valence-corrected chi connectivity index (χ0v) is 19.8. The van der Waals surface area contributed by atoms with E-state index in [1.54, 1.807) is 12.1 Å². The number of benzene rings is 2. The Balaban J connectivity index is 1.92. The van der Waals surface area contributed by atoms with Crippen molar-refractivity contribution < 1.29 is 20.1 Å². The van der Waals surface area contributed by atoms with Crippen LogP contribution < -0.4 is 16.0 Å². The minimum atomic E-state index is -0.322. The lowest BCUT2D eigenvalue weighted by molar-refractivity contribution is 0.103. The van der Waals surface area contributed by atoms with Crippen LogP contribution in [0.15, 0.2) is 30.3 Å². The fourth-order valence-electron chi connectivity index (χ4n) is 4.22. The molecule has 34 heavy (non-hydrogen) atoms. The molecule has 0 fully saturated rings. The van der Waals surface area contributed by atoms with Crippen molar-refractivity contribution in [2.75, 3.05) is 63.1 Å². The number of carbonyl (C=O) groups is 1. The summed E-state index contributed by atoms with van der Waals surface area (Å²) in [5.74, 6) is -0.457. The lowest BCUT2D eigenvalue weighted by Gasteiger charge is -2.28. The van der Waals surface area contributed by atoms with E-state index in [1.165, 1.54) is 6.07 Å². The summed E-state index contributed by atoms with van der Waals surface area (Å²) in [7, 11) is 0. The molecule has 0 atom stereocenters. The summed E-state index contributed by atoms with van der Waals surface area (Å²) < 4.78 is 0. The molecule has 0 bridgehead atoms. The highest BCUT2D eigenvalue weighted by Crippen LogP contribution is 2.39. The maximum absolute atomic E-state index is 13.5. The third-order valence-corrected chi connectivity index (χ3v) is 5.96. The molecular weight excluding hydrogens is 434 g/mol. The molecule has 1 aliphatic rings. The molecule has 0 amide bonds. The maximum Gasteiger partial charge on any atom is 0.200 e. The van der Waals surface area contributed by atoms with Gasteiger partial charge in [-0.2, -0.15) is 0 Å².